The number of halogens is 3. The molecule has 1 atom stereocenters. The van der Waals surface area contributed by atoms with Crippen LogP contribution in [0.25, 0.3) is 0 Å². The lowest BCUT2D eigenvalue weighted by Gasteiger charge is -2.17. The summed E-state index contributed by atoms with van der Waals surface area (Å²) in [4.78, 5) is 26.1. The molecule has 2 rings (SSSR count). The number of alkyl halides is 3. The fourth-order valence-corrected chi connectivity index (χ4v) is 2.07. The first kappa shape index (κ1) is 19.2. The van der Waals surface area contributed by atoms with Crippen molar-refractivity contribution in [1.82, 2.24) is 4.98 Å². The van der Waals surface area contributed by atoms with Crippen LogP contribution in [0.3, 0.4) is 0 Å². The number of ether oxygens (including phenoxy) is 1. The van der Waals surface area contributed by atoms with Gasteiger partial charge in [-0.15, -0.1) is 0 Å². The van der Waals surface area contributed by atoms with Crippen molar-refractivity contribution in [2.45, 2.75) is 26.1 Å². The van der Waals surface area contributed by atoms with Crippen LogP contribution >= 0.6 is 0 Å². The molecular formula is C16H14F3N3O4. The Balaban J connectivity index is 2.19. The zero-order valence-corrected chi connectivity index (χ0v) is 13.7. The van der Waals surface area contributed by atoms with Gasteiger partial charge in [-0.05, 0) is 41.1 Å². The SMILES string of the molecule is Cc1ccc(O[C@H](C)C(=O)Nc2ccccc2C(F)(F)F)c([N+](=O)[O-])n1. The van der Waals surface area contributed by atoms with E-state index in [2.05, 4.69) is 10.3 Å². The molecule has 0 fully saturated rings. The smallest absolute Gasteiger partial charge is 0.418 e. The maximum absolute atomic E-state index is 13.0. The normalized spacial score (nSPS) is 12.3. The van der Waals surface area contributed by atoms with Crippen LogP contribution in [0.4, 0.5) is 24.7 Å². The number of hydrogen-bond donors (Lipinski definition) is 1. The molecule has 0 saturated heterocycles. The molecule has 0 bridgehead atoms. The average Bonchev–Trinajstić information content (AvgIpc) is 2.55. The van der Waals surface area contributed by atoms with Gasteiger partial charge in [-0.25, -0.2) is 0 Å². The zero-order valence-electron chi connectivity index (χ0n) is 13.7. The first-order chi connectivity index (χ1) is 12.1. The molecule has 0 aliphatic rings. The number of nitrogens with one attached hydrogen (secondary N) is 1. The number of benzene rings is 1. The van der Waals surface area contributed by atoms with Gasteiger partial charge in [0.1, 0.15) is 5.69 Å². The molecule has 138 valence electrons. The molecule has 0 radical (unpaired) electrons. The van der Waals surface area contributed by atoms with E-state index in [0.717, 1.165) is 12.1 Å². The molecule has 1 aromatic heterocycles. The second kappa shape index (κ2) is 7.38. The summed E-state index contributed by atoms with van der Waals surface area (Å²) in [6.45, 7) is 2.80. The summed E-state index contributed by atoms with van der Waals surface area (Å²) in [5.74, 6) is -1.73. The van der Waals surface area contributed by atoms with E-state index < -0.39 is 40.2 Å². The minimum atomic E-state index is -4.65. The molecule has 2 aromatic rings. The average molecular weight is 369 g/mol. The van der Waals surface area contributed by atoms with E-state index in [1.54, 1.807) is 6.92 Å². The summed E-state index contributed by atoms with van der Waals surface area (Å²) in [6, 6.07) is 7.18. The van der Waals surface area contributed by atoms with Gasteiger partial charge in [0.15, 0.2) is 6.10 Å². The van der Waals surface area contributed by atoms with Crippen molar-refractivity contribution in [2.24, 2.45) is 0 Å². The Hall–Kier alpha value is -3.17. The van der Waals surface area contributed by atoms with E-state index in [1.165, 1.54) is 31.2 Å². The standard InChI is InChI=1S/C16H14F3N3O4/c1-9-7-8-13(14(20-9)22(24)25)26-10(2)15(23)21-12-6-4-3-5-11(12)16(17,18)19/h3-8,10H,1-2H3,(H,21,23)/t10-/m1/s1. The Labute approximate surface area is 146 Å². The number of hydrogen-bond acceptors (Lipinski definition) is 5. The molecule has 1 heterocycles. The third kappa shape index (κ3) is 4.47. The van der Waals surface area contributed by atoms with E-state index in [-0.39, 0.29) is 5.75 Å². The predicted octanol–water partition coefficient (Wildman–Crippen LogP) is 3.72. The number of amides is 1. The van der Waals surface area contributed by atoms with Crippen LogP contribution < -0.4 is 10.1 Å². The second-order valence-electron chi connectivity index (χ2n) is 5.32. The number of carbonyl (C=O) groups is 1. The van der Waals surface area contributed by atoms with Gasteiger partial charge in [0.2, 0.25) is 5.75 Å². The molecule has 0 saturated carbocycles. The molecule has 1 N–H and O–H groups in total. The summed E-state index contributed by atoms with van der Waals surface area (Å²) in [6.07, 6.45) is -5.94. The summed E-state index contributed by atoms with van der Waals surface area (Å²) < 4.78 is 44.1. The maximum Gasteiger partial charge on any atom is 0.418 e. The summed E-state index contributed by atoms with van der Waals surface area (Å²) in [7, 11) is 0. The van der Waals surface area contributed by atoms with Crippen molar-refractivity contribution in [3.05, 3.63) is 57.8 Å². The fraction of sp³-hybridized carbons (Fsp3) is 0.250. The molecule has 0 spiro atoms. The Bertz CT molecular complexity index is 840. The monoisotopic (exact) mass is 369 g/mol. The lowest BCUT2D eigenvalue weighted by atomic mass is 10.1. The first-order valence-corrected chi connectivity index (χ1v) is 7.35. The van der Waals surface area contributed by atoms with Gasteiger partial charge in [-0.3, -0.25) is 4.79 Å². The van der Waals surface area contributed by atoms with Crippen LogP contribution in [-0.2, 0) is 11.0 Å². The minimum Gasteiger partial charge on any atom is -0.473 e. The van der Waals surface area contributed by atoms with Crippen LogP contribution in [0.1, 0.15) is 18.2 Å². The van der Waals surface area contributed by atoms with Crippen molar-refractivity contribution in [2.75, 3.05) is 5.32 Å². The highest BCUT2D eigenvalue weighted by atomic mass is 19.4. The molecular weight excluding hydrogens is 355 g/mol. The number of nitro groups is 1. The van der Waals surface area contributed by atoms with E-state index in [0.29, 0.717) is 5.69 Å². The van der Waals surface area contributed by atoms with Gasteiger partial charge in [0, 0.05) is 6.92 Å². The largest absolute Gasteiger partial charge is 0.473 e. The van der Waals surface area contributed by atoms with Crippen molar-refractivity contribution in [3.8, 4) is 5.75 Å². The number of aryl methyl sites for hydroxylation is 1. The third-order valence-corrected chi connectivity index (χ3v) is 3.31. The van der Waals surface area contributed by atoms with Gasteiger partial charge >= 0.3 is 12.0 Å². The second-order valence-corrected chi connectivity index (χ2v) is 5.32. The molecule has 1 aromatic carbocycles. The Morgan fingerprint density at radius 2 is 1.92 bits per heavy atom. The number of anilines is 1. The highest BCUT2D eigenvalue weighted by Gasteiger charge is 2.34. The third-order valence-electron chi connectivity index (χ3n) is 3.31. The van der Waals surface area contributed by atoms with E-state index in [1.807, 2.05) is 0 Å². The van der Waals surface area contributed by atoms with Gasteiger partial charge in [-0.1, -0.05) is 12.1 Å². The first-order valence-electron chi connectivity index (χ1n) is 7.35. The lowest BCUT2D eigenvalue weighted by molar-refractivity contribution is -0.390. The predicted molar refractivity (Wildman–Crippen MR) is 85.8 cm³/mol. The maximum atomic E-state index is 13.0. The number of para-hydroxylation sites is 1. The molecule has 0 aliphatic heterocycles. The van der Waals surface area contributed by atoms with Crippen molar-refractivity contribution in [1.29, 1.82) is 0 Å². The lowest BCUT2D eigenvalue weighted by Crippen LogP contribution is -2.31. The van der Waals surface area contributed by atoms with E-state index in [4.69, 9.17) is 4.74 Å². The summed E-state index contributed by atoms with van der Waals surface area (Å²) in [5.41, 5.74) is -1.07. The summed E-state index contributed by atoms with van der Waals surface area (Å²) >= 11 is 0. The van der Waals surface area contributed by atoms with Crippen molar-refractivity contribution >= 4 is 17.4 Å². The van der Waals surface area contributed by atoms with Crippen LogP contribution in [0.2, 0.25) is 0 Å². The highest BCUT2D eigenvalue weighted by Crippen LogP contribution is 2.34. The van der Waals surface area contributed by atoms with Gasteiger partial charge in [0.05, 0.1) is 11.3 Å². The quantitative estimate of drug-likeness (QED) is 0.640. The van der Waals surface area contributed by atoms with Gasteiger partial charge < -0.3 is 20.2 Å². The number of rotatable bonds is 5. The van der Waals surface area contributed by atoms with Crippen LogP contribution in [0.5, 0.6) is 5.75 Å². The molecule has 1 amide bonds. The number of nitrogens with zero attached hydrogens (tertiary/aromatic N) is 2. The topological polar surface area (TPSA) is 94.4 Å². The molecule has 10 heteroatoms. The Kier molecular flexibility index (Phi) is 5.44. The van der Waals surface area contributed by atoms with Crippen molar-refractivity contribution in [3.63, 3.8) is 0 Å². The van der Waals surface area contributed by atoms with E-state index in [9.17, 15) is 28.1 Å². The number of carbonyl (C=O) groups excluding carboxylic acids is 1. The highest BCUT2D eigenvalue weighted by molar-refractivity contribution is 5.94. The fourth-order valence-electron chi connectivity index (χ4n) is 2.07. The van der Waals surface area contributed by atoms with Crippen LogP contribution in [-0.4, -0.2) is 21.9 Å². The number of aromatic nitrogens is 1. The van der Waals surface area contributed by atoms with Crippen LogP contribution in [0.15, 0.2) is 36.4 Å². The van der Waals surface area contributed by atoms with Crippen molar-refractivity contribution < 1.29 is 27.6 Å². The molecule has 0 unspecified atom stereocenters. The summed E-state index contributed by atoms with van der Waals surface area (Å²) in [5, 5.41) is 13.1. The zero-order chi connectivity index (χ0) is 19.5. The van der Waals surface area contributed by atoms with Crippen LogP contribution in [0, 0.1) is 17.0 Å². The molecule has 0 aliphatic carbocycles. The minimum absolute atomic E-state index is 0.257. The number of pyridine rings is 1. The van der Waals surface area contributed by atoms with Gasteiger partial charge in [0.25, 0.3) is 5.91 Å². The molecule has 7 nitrogen and oxygen atoms in total. The molecule has 26 heavy (non-hydrogen) atoms. The Morgan fingerprint density at radius 1 is 1.27 bits per heavy atom. The van der Waals surface area contributed by atoms with E-state index >= 15 is 0 Å². The Morgan fingerprint density at radius 3 is 2.54 bits per heavy atom. The van der Waals surface area contributed by atoms with Gasteiger partial charge in [-0.2, -0.15) is 13.2 Å².